The van der Waals surface area contributed by atoms with Crippen LogP contribution in [0.3, 0.4) is 0 Å². The zero-order valence-corrected chi connectivity index (χ0v) is 13.1. The van der Waals surface area contributed by atoms with E-state index in [0.29, 0.717) is 12.0 Å². The van der Waals surface area contributed by atoms with Gasteiger partial charge in [0, 0.05) is 32.2 Å². The molecule has 112 valence electrons. The van der Waals surface area contributed by atoms with Gasteiger partial charge in [-0.15, -0.1) is 0 Å². The van der Waals surface area contributed by atoms with E-state index in [1.807, 2.05) is 6.92 Å². The molecule has 1 aliphatic heterocycles. The van der Waals surface area contributed by atoms with Gasteiger partial charge in [-0.05, 0) is 30.5 Å². The van der Waals surface area contributed by atoms with Crippen molar-refractivity contribution in [2.75, 3.05) is 32.8 Å². The third-order valence-electron chi connectivity index (χ3n) is 4.26. The van der Waals surface area contributed by atoms with E-state index < -0.39 is 0 Å². The van der Waals surface area contributed by atoms with Crippen molar-refractivity contribution >= 4 is 0 Å². The number of nitrogens with one attached hydrogen (secondary N) is 1. The molecule has 20 heavy (non-hydrogen) atoms. The highest BCUT2D eigenvalue weighted by Crippen LogP contribution is 2.31. The second-order valence-electron chi connectivity index (χ2n) is 5.62. The maximum Gasteiger partial charge on any atom is 0.119 e. The van der Waals surface area contributed by atoms with E-state index in [1.165, 1.54) is 12.0 Å². The molecule has 3 heteroatoms. The molecular weight excluding hydrogens is 248 g/mol. The Hall–Kier alpha value is -1.06. The van der Waals surface area contributed by atoms with Crippen LogP contribution in [-0.4, -0.2) is 37.7 Å². The Kier molecular flexibility index (Phi) is 5.86. The molecule has 0 amide bonds. The summed E-state index contributed by atoms with van der Waals surface area (Å²) in [6, 6.07) is 9.22. The van der Waals surface area contributed by atoms with Crippen molar-refractivity contribution in [1.29, 1.82) is 0 Å². The first-order valence-corrected chi connectivity index (χ1v) is 7.93. The summed E-state index contributed by atoms with van der Waals surface area (Å²) in [6.45, 7) is 11.9. The van der Waals surface area contributed by atoms with Gasteiger partial charge in [-0.25, -0.2) is 0 Å². The van der Waals surface area contributed by atoms with Gasteiger partial charge >= 0.3 is 0 Å². The topological polar surface area (TPSA) is 24.5 Å². The quantitative estimate of drug-likeness (QED) is 0.864. The second-order valence-corrected chi connectivity index (χ2v) is 5.62. The van der Waals surface area contributed by atoms with Crippen molar-refractivity contribution < 1.29 is 4.74 Å². The molecule has 1 aliphatic rings. The predicted octanol–water partition coefficient (Wildman–Crippen LogP) is 3.08. The van der Waals surface area contributed by atoms with Crippen LogP contribution in [0, 0.1) is 5.92 Å². The summed E-state index contributed by atoms with van der Waals surface area (Å²) in [5.74, 6) is 1.64. The molecule has 2 atom stereocenters. The van der Waals surface area contributed by atoms with Gasteiger partial charge < -0.3 is 10.1 Å². The minimum atomic E-state index is 0.526. The van der Waals surface area contributed by atoms with Crippen LogP contribution >= 0.6 is 0 Å². The van der Waals surface area contributed by atoms with Crippen LogP contribution in [0.5, 0.6) is 5.75 Å². The molecule has 1 fully saturated rings. The summed E-state index contributed by atoms with van der Waals surface area (Å²) in [7, 11) is 0. The van der Waals surface area contributed by atoms with Crippen LogP contribution in [0.25, 0.3) is 0 Å². The van der Waals surface area contributed by atoms with Gasteiger partial charge in [-0.1, -0.05) is 32.4 Å². The summed E-state index contributed by atoms with van der Waals surface area (Å²) >= 11 is 0. The Morgan fingerprint density at radius 1 is 1.15 bits per heavy atom. The third kappa shape index (κ3) is 3.74. The fourth-order valence-electron chi connectivity index (χ4n) is 3.01. The highest BCUT2D eigenvalue weighted by atomic mass is 16.5. The van der Waals surface area contributed by atoms with E-state index >= 15 is 0 Å². The van der Waals surface area contributed by atoms with E-state index in [-0.39, 0.29) is 0 Å². The van der Waals surface area contributed by atoms with Crippen LogP contribution in [0.15, 0.2) is 24.3 Å². The van der Waals surface area contributed by atoms with Crippen LogP contribution in [-0.2, 0) is 0 Å². The zero-order chi connectivity index (χ0) is 14.4. The maximum atomic E-state index is 5.55. The van der Waals surface area contributed by atoms with Gasteiger partial charge in [0.1, 0.15) is 5.75 Å². The van der Waals surface area contributed by atoms with Crippen molar-refractivity contribution in [1.82, 2.24) is 10.2 Å². The lowest BCUT2D eigenvalue weighted by Crippen LogP contribution is -2.46. The minimum absolute atomic E-state index is 0.526. The molecule has 0 aromatic heterocycles. The smallest absolute Gasteiger partial charge is 0.119 e. The van der Waals surface area contributed by atoms with Crippen molar-refractivity contribution in [2.24, 2.45) is 5.92 Å². The maximum absolute atomic E-state index is 5.55. The first kappa shape index (κ1) is 15.3. The molecule has 1 heterocycles. The molecule has 0 radical (unpaired) electrons. The molecule has 1 saturated heterocycles. The normalized spacial score (nSPS) is 19.6. The fraction of sp³-hybridized carbons (Fsp3) is 0.647. The summed E-state index contributed by atoms with van der Waals surface area (Å²) in [5.41, 5.74) is 1.42. The Bertz CT molecular complexity index is 384. The molecule has 2 rings (SSSR count). The number of piperazine rings is 1. The SMILES string of the molecule is CCOc1ccc([C@@H](C(C)CC)N2CCNCC2)cc1. The van der Waals surface area contributed by atoms with Crippen molar-refractivity contribution in [3.05, 3.63) is 29.8 Å². The van der Waals surface area contributed by atoms with Crippen LogP contribution in [0.1, 0.15) is 38.8 Å². The number of nitrogens with zero attached hydrogens (tertiary/aromatic N) is 1. The highest BCUT2D eigenvalue weighted by molar-refractivity contribution is 5.29. The van der Waals surface area contributed by atoms with Gasteiger partial charge in [-0.3, -0.25) is 4.90 Å². The summed E-state index contributed by atoms with van der Waals surface area (Å²) < 4.78 is 5.55. The number of rotatable bonds is 6. The fourth-order valence-corrected chi connectivity index (χ4v) is 3.01. The van der Waals surface area contributed by atoms with Crippen LogP contribution in [0.4, 0.5) is 0 Å². The van der Waals surface area contributed by atoms with E-state index in [9.17, 15) is 0 Å². The van der Waals surface area contributed by atoms with Gasteiger partial charge in [0.2, 0.25) is 0 Å². The minimum Gasteiger partial charge on any atom is -0.494 e. The molecule has 0 aliphatic carbocycles. The van der Waals surface area contributed by atoms with Gasteiger partial charge in [-0.2, -0.15) is 0 Å². The summed E-state index contributed by atoms with van der Waals surface area (Å²) in [6.07, 6.45) is 1.21. The second kappa shape index (κ2) is 7.65. The molecule has 0 saturated carbocycles. The first-order valence-electron chi connectivity index (χ1n) is 7.93. The molecule has 1 aromatic carbocycles. The average molecular weight is 276 g/mol. The van der Waals surface area contributed by atoms with Gasteiger partial charge in [0.25, 0.3) is 0 Å². The molecule has 3 nitrogen and oxygen atoms in total. The zero-order valence-electron chi connectivity index (χ0n) is 13.1. The van der Waals surface area contributed by atoms with Crippen molar-refractivity contribution in [3.63, 3.8) is 0 Å². The largest absolute Gasteiger partial charge is 0.494 e. The molecule has 0 bridgehead atoms. The lowest BCUT2D eigenvalue weighted by molar-refractivity contribution is 0.128. The van der Waals surface area contributed by atoms with E-state index in [4.69, 9.17) is 4.74 Å². The Morgan fingerprint density at radius 3 is 2.35 bits per heavy atom. The Labute approximate surface area is 123 Å². The average Bonchev–Trinajstić information content (AvgIpc) is 2.50. The summed E-state index contributed by atoms with van der Waals surface area (Å²) in [5, 5.41) is 3.44. The van der Waals surface area contributed by atoms with E-state index in [2.05, 4.69) is 48.3 Å². The van der Waals surface area contributed by atoms with Crippen molar-refractivity contribution in [2.45, 2.75) is 33.2 Å². The van der Waals surface area contributed by atoms with Crippen LogP contribution < -0.4 is 10.1 Å². The Balaban J connectivity index is 2.16. The van der Waals surface area contributed by atoms with Gasteiger partial charge in [0.05, 0.1) is 6.61 Å². The van der Waals surface area contributed by atoms with E-state index in [1.54, 1.807) is 0 Å². The van der Waals surface area contributed by atoms with Gasteiger partial charge in [0.15, 0.2) is 0 Å². The number of hydrogen-bond donors (Lipinski definition) is 1. The third-order valence-corrected chi connectivity index (χ3v) is 4.26. The Morgan fingerprint density at radius 2 is 1.80 bits per heavy atom. The lowest BCUT2D eigenvalue weighted by atomic mass is 9.90. The first-order chi connectivity index (χ1) is 9.76. The predicted molar refractivity (Wildman–Crippen MR) is 84.2 cm³/mol. The summed E-state index contributed by atoms with van der Waals surface area (Å²) in [4.78, 5) is 2.63. The number of benzene rings is 1. The van der Waals surface area contributed by atoms with Crippen LogP contribution in [0.2, 0.25) is 0 Å². The lowest BCUT2D eigenvalue weighted by Gasteiger charge is -2.38. The van der Waals surface area contributed by atoms with E-state index in [0.717, 1.165) is 38.5 Å². The standard InChI is InChI=1S/C17H28N2O/c1-4-14(3)17(19-12-10-18-11-13-19)15-6-8-16(9-7-15)20-5-2/h6-9,14,17-18H,4-5,10-13H2,1-3H3/t14?,17-/m1/s1. The molecule has 1 aromatic rings. The number of ether oxygens (including phenoxy) is 1. The molecular formula is C17H28N2O. The molecule has 1 unspecified atom stereocenters. The monoisotopic (exact) mass is 276 g/mol. The molecule has 0 spiro atoms. The van der Waals surface area contributed by atoms with Crippen molar-refractivity contribution in [3.8, 4) is 5.75 Å². The highest BCUT2D eigenvalue weighted by Gasteiger charge is 2.26. The molecule has 1 N–H and O–H groups in total. The number of hydrogen-bond acceptors (Lipinski definition) is 3.